The van der Waals surface area contributed by atoms with Crippen LogP contribution >= 0.6 is 11.5 Å². The summed E-state index contributed by atoms with van der Waals surface area (Å²) in [5.74, 6) is -1.13. The van der Waals surface area contributed by atoms with E-state index in [2.05, 4.69) is 9.69 Å². The van der Waals surface area contributed by atoms with Crippen molar-refractivity contribution in [3.05, 3.63) is 99.6 Å². The first-order chi connectivity index (χ1) is 20.0. The Labute approximate surface area is 249 Å². The number of nitrogens with one attached hydrogen (secondary N) is 1. The highest BCUT2D eigenvalue weighted by molar-refractivity contribution is 7.09. The minimum atomic E-state index is -1.09. The highest BCUT2D eigenvalue weighted by atomic mass is 32.1. The molecule has 0 unspecified atom stereocenters. The Morgan fingerprint density at radius 2 is 1.57 bits per heavy atom. The minimum Gasteiger partial charge on any atom is -0.497 e. The fourth-order valence-electron chi connectivity index (χ4n) is 4.61. The number of nitrogens with zero attached hydrogens (tertiary/aromatic N) is 3. The van der Waals surface area contributed by atoms with Gasteiger partial charge >= 0.3 is 0 Å². The Hall–Kier alpha value is -4.90. The Morgan fingerprint density at radius 3 is 2.10 bits per heavy atom. The zero-order valence-corrected chi connectivity index (χ0v) is 25.0. The number of carbonyl (C=O) groups excluding carboxylic acids is 3. The molecule has 0 aliphatic rings. The van der Waals surface area contributed by atoms with Crippen LogP contribution in [0.2, 0.25) is 0 Å². The predicted octanol–water partition coefficient (Wildman–Crippen LogP) is 4.22. The quantitative estimate of drug-likeness (QED) is 0.252. The van der Waals surface area contributed by atoms with E-state index in [4.69, 9.17) is 16.2 Å². The third-order valence-electron chi connectivity index (χ3n) is 6.72. The molecule has 10 nitrogen and oxygen atoms in total. The number of rotatable bonds is 10. The van der Waals surface area contributed by atoms with E-state index in [1.807, 2.05) is 99.6 Å². The lowest BCUT2D eigenvalue weighted by atomic mass is 10.0. The first kappa shape index (κ1) is 30.1. The van der Waals surface area contributed by atoms with Gasteiger partial charge in [0.1, 0.15) is 16.7 Å². The summed E-state index contributed by atoms with van der Waals surface area (Å²) < 4.78 is 9.26. The van der Waals surface area contributed by atoms with E-state index in [1.165, 1.54) is 4.90 Å². The molecule has 42 heavy (non-hydrogen) atoms. The molecular formula is C31H34N6O4S. The summed E-state index contributed by atoms with van der Waals surface area (Å²) in [6.07, 6.45) is 0. The van der Waals surface area contributed by atoms with E-state index in [-0.39, 0.29) is 22.8 Å². The fourth-order valence-corrected chi connectivity index (χ4v) is 5.36. The van der Waals surface area contributed by atoms with Crippen LogP contribution < -0.4 is 31.3 Å². The summed E-state index contributed by atoms with van der Waals surface area (Å²) in [5.41, 5.74) is 16.0. The van der Waals surface area contributed by atoms with Gasteiger partial charge in [0.2, 0.25) is 5.91 Å². The number of aromatic nitrogens is 1. The zero-order chi connectivity index (χ0) is 30.6. The molecule has 4 aromatic rings. The summed E-state index contributed by atoms with van der Waals surface area (Å²) in [4.78, 5) is 43.7. The number of benzene rings is 3. The number of hydrogen-bond acceptors (Lipinski definition) is 8. The van der Waals surface area contributed by atoms with Crippen molar-refractivity contribution in [3.63, 3.8) is 0 Å². The number of aryl methyl sites for hydroxylation is 2. The molecule has 0 bridgehead atoms. The molecule has 0 fully saturated rings. The molecule has 0 saturated carbocycles. The van der Waals surface area contributed by atoms with Crippen LogP contribution in [0.1, 0.15) is 48.5 Å². The molecule has 218 valence electrons. The number of ether oxygens (including phenoxy) is 1. The van der Waals surface area contributed by atoms with E-state index >= 15 is 0 Å². The predicted molar refractivity (Wildman–Crippen MR) is 166 cm³/mol. The van der Waals surface area contributed by atoms with Crippen molar-refractivity contribution in [2.75, 3.05) is 36.7 Å². The van der Waals surface area contributed by atoms with Gasteiger partial charge in [-0.25, -0.2) is 0 Å². The van der Waals surface area contributed by atoms with Crippen LogP contribution in [0.3, 0.4) is 0 Å². The average Bonchev–Trinajstić information content (AvgIpc) is 3.35. The number of hydrogen-bond donors (Lipinski definition) is 3. The molecule has 3 amide bonds. The highest BCUT2D eigenvalue weighted by Gasteiger charge is 2.36. The summed E-state index contributed by atoms with van der Waals surface area (Å²) in [7, 11) is 5.43. The van der Waals surface area contributed by atoms with Gasteiger partial charge in [0.15, 0.2) is 5.69 Å². The topological polar surface area (TPSA) is 144 Å². The number of methoxy groups -OCH3 is 1. The number of amides is 3. The maximum Gasteiger partial charge on any atom is 0.273 e. The van der Waals surface area contributed by atoms with Crippen molar-refractivity contribution in [3.8, 4) is 5.75 Å². The van der Waals surface area contributed by atoms with Crippen LogP contribution in [0.15, 0.2) is 66.7 Å². The van der Waals surface area contributed by atoms with Gasteiger partial charge in [-0.3, -0.25) is 19.3 Å². The van der Waals surface area contributed by atoms with Crippen molar-refractivity contribution in [1.82, 2.24) is 9.69 Å². The summed E-state index contributed by atoms with van der Waals surface area (Å²) >= 11 is 0.771. The second kappa shape index (κ2) is 12.7. The van der Waals surface area contributed by atoms with Gasteiger partial charge in [-0.05, 0) is 84.0 Å². The summed E-state index contributed by atoms with van der Waals surface area (Å²) in [6, 6.07) is 19.3. The first-order valence-corrected chi connectivity index (χ1v) is 13.9. The normalized spacial score (nSPS) is 11.5. The molecule has 0 spiro atoms. The van der Waals surface area contributed by atoms with E-state index < -0.39 is 23.8 Å². The largest absolute Gasteiger partial charge is 0.497 e. The number of carbonyl (C=O) groups is 3. The monoisotopic (exact) mass is 586 g/mol. The third kappa shape index (κ3) is 6.52. The molecular weight excluding hydrogens is 552 g/mol. The van der Waals surface area contributed by atoms with Gasteiger partial charge in [-0.2, -0.15) is 4.37 Å². The van der Waals surface area contributed by atoms with Crippen molar-refractivity contribution in [2.24, 2.45) is 5.73 Å². The number of nitrogens with two attached hydrogens (primary N) is 2. The fraction of sp³-hybridized carbons (Fsp3) is 0.226. The Morgan fingerprint density at radius 1 is 0.952 bits per heavy atom. The Balaban J connectivity index is 1.84. The minimum absolute atomic E-state index is 0.0147. The molecule has 1 heterocycles. The van der Waals surface area contributed by atoms with Gasteiger partial charge in [-0.15, -0.1) is 0 Å². The van der Waals surface area contributed by atoms with Crippen molar-refractivity contribution >= 4 is 46.3 Å². The van der Waals surface area contributed by atoms with Crippen LogP contribution in [0.25, 0.3) is 0 Å². The molecule has 3 aromatic carbocycles. The van der Waals surface area contributed by atoms with E-state index in [1.54, 1.807) is 7.11 Å². The lowest BCUT2D eigenvalue weighted by Gasteiger charge is -2.32. The van der Waals surface area contributed by atoms with Gasteiger partial charge in [0.05, 0.1) is 12.8 Å². The second-order valence-electron chi connectivity index (χ2n) is 10.1. The lowest BCUT2D eigenvalue weighted by molar-refractivity contribution is -0.122. The number of nitrogen functional groups attached to an aromatic ring is 1. The summed E-state index contributed by atoms with van der Waals surface area (Å²) in [6.45, 7) is 4.05. The van der Waals surface area contributed by atoms with Gasteiger partial charge < -0.3 is 26.4 Å². The van der Waals surface area contributed by atoms with Crippen LogP contribution in [0.4, 0.5) is 17.1 Å². The molecule has 11 heteroatoms. The van der Waals surface area contributed by atoms with E-state index in [9.17, 15) is 14.4 Å². The average molecular weight is 587 g/mol. The van der Waals surface area contributed by atoms with Crippen LogP contribution in [-0.2, 0) is 11.3 Å². The molecule has 1 aromatic heterocycles. The van der Waals surface area contributed by atoms with Crippen LogP contribution in [-0.4, -0.2) is 43.3 Å². The Kier molecular flexibility index (Phi) is 9.12. The van der Waals surface area contributed by atoms with Gasteiger partial charge in [-0.1, -0.05) is 30.3 Å². The van der Waals surface area contributed by atoms with Gasteiger partial charge in [0.25, 0.3) is 11.8 Å². The van der Waals surface area contributed by atoms with Crippen LogP contribution in [0.5, 0.6) is 5.75 Å². The molecule has 0 radical (unpaired) electrons. The molecule has 0 saturated heterocycles. The first-order valence-electron chi connectivity index (χ1n) is 13.1. The second-order valence-corrected chi connectivity index (χ2v) is 10.9. The lowest BCUT2D eigenvalue weighted by Crippen LogP contribution is -2.44. The molecule has 5 N–H and O–H groups in total. The molecule has 4 rings (SSSR count). The van der Waals surface area contributed by atoms with E-state index in [0.29, 0.717) is 17.0 Å². The zero-order valence-electron chi connectivity index (χ0n) is 24.2. The summed E-state index contributed by atoms with van der Waals surface area (Å²) in [5, 5.41) is 2.99. The SMILES string of the molecule is COc1ccc(CNC(=O)[C@H](c2ccc(N(C)C)cc2)N(C(=O)c2snc(C(N)=O)c2N)c2cc(C)cc(C)c2)cc1. The van der Waals surface area contributed by atoms with Crippen molar-refractivity contribution in [2.45, 2.75) is 26.4 Å². The molecule has 0 aliphatic carbocycles. The van der Waals surface area contributed by atoms with E-state index in [0.717, 1.165) is 33.9 Å². The van der Waals surface area contributed by atoms with Crippen molar-refractivity contribution in [1.29, 1.82) is 0 Å². The standard InChI is InChI=1S/C31H34N6O4S/c1-18-14-19(2)16-23(15-18)37(31(40)28-25(32)26(29(33)38)35-42-28)27(21-8-10-22(11-9-21)36(3)4)30(39)34-17-20-6-12-24(41-5)13-7-20/h6-16,27H,17,32H2,1-5H3,(H2,33,38)(H,34,39)/t27-/m0/s1. The number of anilines is 3. The smallest absolute Gasteiger partial charge is 0.273 e. The maximum absolute atomic E-state index is 14.3. The number of primary amides is 1. The third-order valence-corrected chi connectivity index (χ3v) is 7.57. The maximum atomic E-state index is 14.3. The van der Waals surface area contributed by atoms with Gasteiger partial charge in [0, 0.05) is 32.0 Å². The van der Waals surface area contributed by atoms with Crippen molar-refractivity contribution < 1.29 is 19.1 Å². The Bertz CT molecular complexity index is 1580. The molecule has 0 aliphatic heterocycles. The highest BCUT2D eigenvalue weighted by Crippen LogP contribution is 2.34. The van der Waals surface area contributed by atoms with Crippen LogP contribution in [0, 0.1) is 13.8 Å². The molecule has 1 atom stereocenters.